The summed E-state index contributed by atoms with van der Waals surface area (Å²) in [6.45, 7) is 3.92. The van der Waals surface area contributed by atoms with E-state index in [1.54, 1.807) is 0 Å². The van der Waals surface area contributed by atoms with Crippen LogP contribution in [0.3, 0.4) is 0 Å². The van der Waals surface area contributed by atoms with Gasteiger partial charge in [-0.15, -0.1) is 0 Å². The summed E-state index contributed by atoms with van der Waals surface area (Å²) in [5, 5.41) is 5.17. The Bertz CT molecular complexity index is 445. The molecule has 1 aliphatic rings. The quantitative estimate of drug-likeness (QED) is 0.727. The first-order valence-electron chi connectivity index (χ1n) is 6.47. The lowest BCUT2D eigenvalue weighted by molar-refractivity contribution is -0.130. The van der Waals surface area contributed by atoms with Gasteiger partial charge in [0.15, 0.2) is 9.84 Å². The van der Waals surface area contributed by atoms with E-state index >= 15 is 0 Å². The van der Waals surface area contributed by atoms with Crippen LogP contribution < -0.4 is 10.6 Å². The van der Waals surface area contributed by atoms with Crippen molar-refractivity contribution in [1.82, 2.24) is 10.6 Å². The molecule has 0 aromatic carbocycles. The monoisotopic (exact) mass is 290 g/mol. The first kappa shape index (κ1) is 15.9. The normalized spacial score (nSPS) is 23.1. The highest BCUT2D eigenvalue weighted by Crippen LogP contribution is 2.19. The van der Waals surface area contributed by atoms with E-state index < -0.39 is 21.8 Å². The predicted octanol–water partition coefficient (Wildman–Crippen LogP) is -0.302. The largest absolute Gasteiger partial charge is 0.357 e. The van der Waals surface area contributed by atoms with Gasteiger partial charge in [0.1, 0.15) is 6.04 Å². The molecule has 0 aromatic heterocycles. The van der Waals surface area contributed by atoms with Gasteiger partial charge in [-0.3, -0.25) is 9.59 Å². The Morgan fingerprint density at radius 1 is 1.32 bits per heavy atom. The molecule has 6 nitrogen and oxygen atoms in total. The van der Waals surface area contributed by atoms with Crippen molar-refractivity contribution >= 4 is 21.7 Å². The van der Waals surface area contributed by atoms with Gasteiger partial charge in [-0.05, 0) is 18.8 Å². The molecule has 7 heteroatoms. The Morgan fingerprint density at radius 3 is 2.37 bits per heavy atom. The van der Waals surface area contributed by atoms with Crippen LogP contribution in [0, 0.1) is 11.8 Å². The minimum atomic E-state index is -3.09. The zero-order chi connectivity index (χ0) is 14.6. The van der Waals surface area contributed by atoms with E-state index in [1.807, 2.05) is 13.8 Å². The average molecular weight is 290 g/mol. The van der Waals surface area contributed by atoms with E-state index in [0.717, 1.165) is 0 Å². The second-order valence-corrected chi connectivity index (χ2v) is 7.63. The second kappa shape index (κ2) is 6.36. The van der Waals surface area contributed by atoms with Gasteiger partial charge in [0.05, 0.1) is 17.4 Å². The third-order valence-corrected chi connectivity index (χ3v) is 4.96. The van der Waals surface area contributed by atoms with Crippen molar-refractivity contribution < 1.29 is 18.0 Å². The van der Waals surface area contributed by atoms with Crippen molar-refractivity contribution in [3.8, 4) is 0 Å². The average Bonchev–Trinajstić information content (AvgIpc) is 2.67. The third-order valence-electron chi connectivity index (χ3n) is 3.19. The topological polar surface area (TPSA) is 92.3 Å². The standard InChI is InChI=1S/C12H22N2O4S/c1-8(2)6-10(12(16)13-3)14-11(15)9-4-5-19(17,18)7-9/h8-10H,4-7H2,1-3H3,(H,13,16)(H,14,15)/t9-,10+/m1/s1. The molecule has 1 heterocycles. The summed E-state index contributed by atoms with van der Waals surface area (Å²) in [6, 6.07) is -0.596. The number of carbonyl (C=O) groups is 2. The van der Waals surface area contributed by atoms with E-state index in [2.05, 4.69) is 10.6 Å². The fourth-order valence-corrected chi connectivity index (χ4v) is 3.91. The zero-order valence-electron chi connectivity index (χ0n) is 11.6. The van der Waals surface area contributed by atoms with Gasteiger partial charge in [-0.1, -0.05) is 13.8 Å². The lowest BCUT2D eigenvalue weighted by atomic mass is 10.0. The van der Waals surface area contributed by atoms with Crippen LogP contribution in [-0.2, 0) is 19.4 Å². The van der Waals surface area contributed by atoms with Gasteiger partial charge in [0.2, 0.25) is 11.8 Å². The smallest absolute Gasteiger partial charge is 0.242 e. The summed E-state index contributed by atoms with van der Waals surface area (Å²) in [5.41, 5.74) is 0. The molecule has 19 heavy (non-hydrogen) atoms. The van der Waals surface area contributed by atoms with E-state index in [1.165, 1.54) is 7.05 Å². The Hall–Kier alpha value is -1.11. The fourth-order valence-electron chi connectivity index (χ4n) is 2.17. The van der Waals surface area contributed by atoms with Crippen LogP contribution in [-0.4, -0.2) is 44.8 Å². The maximum Gasteiger partial charge on any atom is 0.242 e. The van der Waals surface area contributed by atoms with E-state index in [9.17, 15) is 18.0 Å². The number of likely N-dealkylation sites (N-methyl/N-ethyl adjacent to an activating group) is 1. The molecule has 0 unspecified atom stereocenters. The van der Waals surface area contributed by atoms with Crippen LogP contribution in [0.2, 0.25) is 0 Å². The van der Waals surface area contributed by atoms with Crippen molar-refractivity contribution in [2.45, 2.75) is 32.7 Å². The van der Waals surface area contributed by atoms with Crippen LogP contribution in [0.5, 0.6) is 0 Å². The van der Waals surface area contributed by atoms with Gasteiger partial charge < -0.3 is 10.6 Å². The predicted molar refractivity (Wildman–Crippen MR) is 72.2 cm³/mol. The maximum atomic E-state index is 12.0. The number of carbonyl (C=O) groups excluding carboxylic acids is 2. The second-order valence-electron chi connectivity index (χ2n) is 5.40. The van der Waals surface area contributed by atoms with E-state index in [0.29, 0.717) is 12.8 Å². The molecule has 110 valence electrons. The molecule has 0 spiro atoms. The highest BCUT2D eigenvalue weighted by Gasteiger charge is 2.34. The van der Waals surface area contributed by atoms with Gasteiger partial charge in [-0.25, -0.2) is 8.42 Å². The number of nitrogens with one attached hydrogen (secondary N) is 2. The minimum absolute atomic E-state index is 0.0555. The molecule has 2 N–H and O–H groups in total. The van der Waals surface area contributed by atoms with Crippen LogP contribution in [0.15, 0.2) is 0 Å². The first-order chi connectivity index (χ1) is 8.75. The Balaban J connectivity index is 2.64. The van der Waals surface area contributed by atoms with Gasteiger partial charge >= 0.3 is 0 Å². The number of rotatable bonds is 5. The molecular formula is C12H22N2O4S. The molecule has 1 aliphatic heterocycles. The molecule has 0 bridgehead atoms. The molecule has 2 atom stereocenters. The molecule has 0 saturated carbocycles. The summed E-state index contributed by atoms with van der Waals surface area (Å²) in [6.07, 6.45) is 0.876. The SMILES string of the molecule is CNC(=O)[C@H](CC(C)C)NC(=O)[C@@H]1CCS(=O)(=O)C1. The number of amides is 2. The number of hydrogen-bond acceptors (Lipinski definition) is 4. The third kappa shape index (κ3) is 4.81. The first-order valence-corrected chi connectivity index (χ1v) is 8.29. The van der Waals surface area contributed by atoms with Crippen LogP contribution in [0.1, 0.15) is 26.7 Å². The Labute approximate surface area is 114 Å². The van der Waals surface area contributed by atoms with Crippen LogP contribution >= 0.6 is 0 Å². The number of hydrogen-bond donors (Lipinski definition) is 2. The highest BCUT2D eigenvalue weighted by molar-refractivity contribution is 7.91. The Morgan fingerprint density at radius 2 is 1.95 bits per heavy atom. The summed E-state index contributed by atoms with van der Waals surface area (Å²) >= 11 is 0. The molecule has 0 aliphatic carbocycles. The molecule has 1 fully saturated rings. The van der Waals surface area contributed by atoms with Crippen molar-refractivity contribution in [3.05, 3.63) is 0 Å². The molecule has 0 radical (unpaired) electrons. The van der Waals surface area contributed by atoms with Crippen molar-refractivity contribution in [2.24, 2.45) is 11.8 Å². The van der Waals surface area contributed by atoms with Gasteiger partial charge in [0.25, 0.3) is 0 Å². The zero-order valence-corrected chi connectivity index (χ0v) is 12.4. The summed E-state index contributed by atoms with van der Waals surface area (Å²) in [4.78, 5) is 23.7. The lowest BCUT2D eigenvalue weighted by Crippen LogP contribution is -2.48. The van der Waals surface area contributed by atoms with E-state index in [-0.39, 0.29) is 29.2 Å². The summed E-state index contributed by atoms with van der Waals surface area (Å²) in [7, 11) is -1.57. The molecule has 0 aromatic rings. The fraction of sp³-hybridized carbons (Fsp3) is 0.833. The maximum absolute atomic E-state index is 12.0. The lowest BCUT2D eigenvalue weighted by Gasteiger charge is -2.20. The van der Waals surface area contributed by atoms with Crippen molar-refractivity contribution in [1.29, 1.82) is 0 Å². The highest BCUT2D eigenvalue weighted by atomic mass is 32.2. The van der Waals surface area contributed by atoms with Gasteiger partial charge in [0, 0.05) is 7.05 Å². The molecule has 1 rings (SSSR count). The van der Waals surface area contributed by atoms with Crippen molar-refractivity contribution in [2.75, 3.05) is 18.6 Å². The van der Waals surface area contributed by atoms with E-state index in [4.69, 9.17) is 0 Å². The summed E-state index contributed by atoms with van der Waals surface area (Å²) in [5.74, 6) is -0.904. The number of sulfone groups is 1. The Kier molecular flexibility index (Phi) is 5.34. The molecular weight excluding hydrogens is 268 g/mol. The van der Waals surface area contributed by atoms with Crippen LogP contribution in [0.25, 0.3) is 0 Å². The summed E-state index contributed by atoms with van der Waals surface area (Å²) < 4.78 is 22.7. The molecule has 1 saturated heterocycles. The van der Waals surface area contributed by atoms with Crippen LogP contribution in [0.4, 0.5) is 0 Å². The van der Waals surface area contributed by atoms with Gasteiger partial charge in [-0.2, -0.15) is 0 Å². The minimum Gasteiger partial charge on any atom is -0.357 e. The molecule has 2 amide bonds. The van der Waals surface area contributed by atoms with Crippen molar-refractivity contribution in [3.63, 3.8) is 0 Å².